The highest BCUT2D eigenvalue weighted by Crippen LogP contribution is 2.12. The Hall–Kier alpha value is -0.820. The minimum Gasteiger partial charge on any atom is -0.299 e. The number of hydrogen-bond acceptors (Lipinski definition) is 1. The van der Waals surface area contributed by atoms with Gasteiger partial charge in [0.05, 0.1) is 0 Å². The molecule has 0 spiro atoms. The third-order valence-corrected chi connectivity index (χ3v) is 4.77. The van der Waals surface area contributed by atoms with E-state index in [1.54, 1.807) is 0 Å². The van der Waals surface area contributed by atoms with Gasteiger partial charge in [-0.1, -0.05) is 108 Å². The van der Waals surface area contributed by atoms with Gasteiger partial charge in [-0.15, -0.1) is 0 Å². The highest BCUT2D eigenvalue weighted by atomic mass is 15.1. The van der Waals surface area contributed by atoms with Crippen LogP contribution >= 0.6 is 0 Å². The zero-order valence-electron chi connectivity index (χ0n) is 15.7. The third kappa shape index (κ3) is 11.4. The first-order chi connectivity index (χ1) is 11.4. The fourth-order valence-electron chi connectivity index (χ4n) is 3.19. The Morgan fingerprint density at radius 2 is 1.17 bits per heavy atom. The van der Waals surface area contributed by atoms with E-state index >= 15 is 0 Å². The minimum atomic E-state index is 1.11. The molecule has 0 atom stereocenters. The molecule has 1 aromatic rings. The molecule has 0 radical (unpaired) electrons. The Labute approximate surface area is 145 Å². The summed E-state index contributed by atoms with van der Waals surface area (Å²) in [5.41, 5.74) is 1.44. The molecule has 1 aromatic carbocycles. The second-order valence-electron chi connectivity index (χ2n) is 6.89. The van der Waals surface area contributed by atoms with Crippen molar-refractivity contribution in [3.05, 3.63) is 35.9 Å². The van der Waals surface area contributed by atoms with Crippen LogP contribution in [0.15, 0.2) is 30.3 Å². The molecule has 0 bridgehead atoms. The van der Waals surface area contributed by atoms with E-state index in [0.717, 1.165) is 13.1 Å². The Morgan fingerprint density at radius 1 is 0.652 bits per heavy atom. The van der Waals surface area contributed by atoms with Gasteiger partial charge in [0, 0.05) is 6.54 Å². The van der Waals surface area contributed by atoms with Crippen LogP contribution in [0.1, 0.15) is 90.0 Å². The standard InChI is InChI=1S/C22H39N/c1-3-5-6-7-8-9-10-11-12-13-17-20-23(4-2)21-22-18-15-14-16-19-22/h14-16,18-19H,3-13,17,20-21H2,1-2H3. The van der Waals surface area contributed by atoms with Crippen LogP contribution in [0.25, 0.3) is 0 Å². The van der Waals surface area contributed by atoms with Gasteiger partial charge in [-0.3, -0.25) is 4.90 Å². The Bertz CT molecular complexity index is 346. The molecule has 0 aliphatic rings. The molecular formula is C22H39N. The molecule has 0 aliphatic heterocycles. The molecule has 0 aliphatic carbocycles. The first kappa shape index (κ1) is 20.2. The summed E-state index contributed by atoms with van der Waals surface area (Å²) in [6.07, 6.45) is 15.7. The molecule has 0 heterocycles. The Balaban J connectivity index is 1.93. The van der Waals surface area contributed by atoms with E-state index in [1.807, 2.05) is 0 Å². The predicted molar refractivity (Wildman–Crippen MR) is 104 cm³/mol. The van der Waals surface area contributed by atoms with Crippen LogP contribution in [0.4, 0.5) is 0 Å². The molecular weight excluding hydrogens is 278 g/mol. The van der Waals surface area contributed by atoms with Crippen molar-refractivity contribution in [2.75, 3.05) is 13.1 Å². The lowest BCUT2D eigenvalue weighted by Crippen LogP contribution is -2.23. The fourth-order valence-corrected chi connectivity index (χ4v) is 3.19. The van der Waals surface area contributed by atoms with Gasteiger partial charge in [0.25, 0.3) is 0 Å². The number of benzene rings is 1. The van der Waals surface area contributed by atoms with Crippen LogP contribution in [0.5, 0.6) is 0 Å². The highest BCUT2D eigenvalue weighted by molar-refractivity contribution is 5.14. The molecule has 132 valence electrons. The third-order valence-electron chi connectivity index (χ3n) is 4.77. The van der Waals surface area contributed by atoms with E-state index < -0.39 is 0 Å². The van der Waals surface area contributed by atoms with Crippen molar-refractivity contribution in [2.24, 2.45) is 0 Å². The van der Waals surface area contributed by atoms with Gasteiger partial charge < -0.3 is 0 Å². The van der Waals surface area contributed by atoms with Gasteiger partial charge in [0.2, 0.25) is 0 Å². The van der Waals surface area contributed by atoms with Crippen molar-refractivity contribution in [2.45, 2.75) is 91.0 Å². The molecule has 23 heavy (non-hydrogen) atoms. The maximum absolute atomic E-state index is 2.57. The van der Waals surface area contributed by atoms with E-state index in [0.29, 0.717) is 0 Å². The highest BCUT2D eigenvalue weighted by Gasteiger charge is 2.03. The summed E-state index contributed by atoms with van der Waals surface area (Å²) in [7, 11) is 0. The summed E-state index contributed by atoms with van der Waals surface area (Å²) in [4.78, 5) is 2.57. The molecule has 0 unspecified atom stereocenters. The van der Waals surface area contributed by atoms with E-state index in [-0.39, 0.29) is 0 Å². The van der Waals surface area contributed by atoms with Crippen molar-refractivity contribution in [1.82, 2.24) is 4.90 Å². The lowest BCUT2D eigenvalue weighted by Gasteiger charge is -2.20. The SMILES string of the molecule is CCCCCCCCCCCCCN(CC)Cc1ccccc1. The van der Waals surface area contributed by atoms with Crippen molar-refractivity contribution >= 4 is 0 Å². The van der Waals surface area contributed by atoms with Gasteiger partial charge >= 0.3 is 0 Å². The van der Waals surface area contributed by atoms with Crippen LogP contribution in [0, 0.1) is 0 Å². The lowest BCUT2D eigenvalue weighted by molar-refractivity contribution is 0.272. The number of nitrogens with zero attached hydrogens (tertiary/aromatic N) is 1. The van der Waals surface area contributed by atoms with Crippen LogP contribution in [-0.4, -0.2) is 18.0 Å². The molecule has 0 saturated heterocycles. The van der Waals surface area contributed by atoms with Crippen molar-refractivity contribution in [1.29, 1.82) is 0 Å². The maximum atomic E-state index is 2.57. The monoisotopic (exact) mass is 317 g/mol. The largest absolute Gasteiger partial charge is 0.299 e. The molecule has 0 aromatic heterocycles. The topological polar surface area (TPSA) is 3.24 Å². The van der Waals surface area contributed by atoms with Gasteiger partial charge in [-0.2, -0.15) is 0 Å². The summed E-state index contributed by atoms with van der Waals surface area (Å²) in [6, 6.07) is 10.9. The number of hydrogen-bond donors (Lipinski definition) is 0. The predicted octanol–water partition coefficient (Wildman–Crippen LogP) is 6.82. The maximum Gasteiger partial charge on any atom is 0.0233 e. The van der Waals surface area contributed by atoms with E-state index in [2.05, 4.69) is 49.1 Å². The van der Waals surface area contributed by atoms with Gasteiger partial charge in [0.15, 0.2) is 0 Å². The number of rotatable bonds is 15. The molecule has 1 rings (SSSR count). The molecule has 0 fully saturated rings. The summed E-state index contributed by atoms with van der Waals surface area (Å²) < 4.78 is 0. The summed E-state index contributed by atoms with van der Waals surface area (Å²) in [6.45, 7) is 8.09. The average Bonchev–Trinajstić information content (AvgIpc) is 2.59. The normalized spacial score (nSPS) is 11.3. The summed E-state index contributed by atoms with van der Waals surface area (Å²) >= 11 is 0. The van der Waals surface area contributed by atoms with Crippen LogP contribution < -0.4 is 0 Å². The van der Waals surface area contributed by atoms with Crippen molar-refractivity contribution in [3.8, 4) is 0 Å². The summed E-state index contributed by atoms with van der Waals surface area (Å²) in [5, 5.41) is 0. The smallest absolute Gasteiger partial charge is 0.0233 e. The molecule has 1 heteroatoms. The fraction of sp³-hybridized carbons (Fsp3) is 0.727. The van der Waals surface area contributed by atoms with Crippen LogP contribution in [0.3, 0.4) is 0 Å². The minimum absolute atomic E-state index is 1.11. The Kier molecular flexibility index (Phi) is 13.0. The van der Waals surface area contributed by atoms with Crippen molar-refractivity contribution in [3.63, 3.8) is 0 Å². The molecule has 0 N–H and O–H groups in total. The molecule has 0 amide bonds. The van der Waals surface area contributed by atoms with E-state index in [4.69, 9.17) is 0 Å². The first-order valence-electron chi connectivity index (χ1n) is 10.1. The number of unbranched alkanes of at least 4 members (excludes halogenated alkanes) is 10. The average molecular weight is 318 g/mol. The van der Waals surface area contributed by atoms with Gasteiger partial charge in [-0.05, 0) is 25.1 Å². The van der Waals surface area contributed by atoms with Gasteiger partial charge in [0.1, 0.15) is 0 Å². The molecule has 0 saturated carbocycles. The van der Waals surface area contributed by atoms with Gasteiger partial charge in [-0.25, -0.2) is 0 Å². The first-order valence-corrected chi connectivity index (χ1v) is 10.1. The zero-order valence-corrected chi connectivity index (χ0v) is 15.7. The second-order valence-corrected chi connectivity index (χ2v) is 6.89. The van der Waals surface area contributed by atoms with E-state index in [1.165, 1.54) is 82.7 Å². The van der Waals surface area contributed by atoms with Crippen molar-refractivity contribution < 1.29 is 0 Å². The Morgan fingerprint density at radius 3 is 1.70 bits per heavy atom. The second kappa shape index (κ2) is 14.8. The summed E-state index contributed by atoms with van der Waals surface area (Å²) in [5.74, 6) is 0. The zero-order chi connectivity index (χ0) is 16.6. The van der Waals surface area contributed by atoms with E-state index in [9.17, 15) is 0 Å². The van der Waals surface area contributed by atoms with Crippen LogP contribution in [-0.2, 0) is 6.54 Å². The quantitative estimate of drug-likeness (QED) is 0.321. The molecule has 1 nitrogen and oxygen atoms in total. The lowest BCUT2D eigenvalue weighted by atomic mass is 10.1. The van der Waals surface area contributed by atoms with Crippen LogP contribution in [0.2, 0.25) is 0 Å².